The van der Waals surface area contributed by atoms with Crippen molar-refractivity contribution >= 4 is 38.4 Å². The Morgan fingerprint density at radius 3 is 2.38 bits per heavy atom. The molecule has 0 radical (unpaired) electrons. The van der Waals surface area contributed by atoms with E-state index < -0.39 is 21.2 Å². The van der Waals surface area contributed by atoms with E-state index in [-0.39, 0.29) is 30.3 Å². The Labute approximate surface area is 288 Å². The van der Waals surface area contributed by atoms with E-state index in [2.05, 4.69) is 40.5 Å². The van der Waals surface area contributed by atoms with Gasteiger partial charge in [-0.15, -0.1) is 0 Å². The molecule has 0 aliphatic heterocycles. The maximum Gasteiger partial charge on any atom is 0.315 e. The molecule has 50 heavy (non-hydrogen) atoms. The number of rotatable bonds is 6. The zero-order valence-corrected chi connectivity index (χ0v) is 28.5. The highest BCUT2D eigenvalue weighted by Crippen LogP contribution is 2.31. The average Bonchev–Trinajstić information content (AvgIpc) is 3.72. The van der Waals surface area contributed by atoms with Gasteiger partial charge < -0.3 is 26.3 Å². The number of nitrogens with one attached hydrogen (secondary N) is 2. The minimum absolute atomic E-state index is 0. The molecular weight excluding hydrogens is 663 g/mol. The fourth-order valence-corrected chi connectivity index (χ4v) is 5.53. The molecule has 0 spiro atoms. The van der Waals surface area contributed by atoms with Crippen molar-refractivity contribution < 1.29 is 17.7 Å². The SMILES string of the molecule is C.Cc1ccnc(N)c1N.Cn1nc(-c2nc3nccc(-c4ccc(CNC(=O)c5nc(C(C)(C)C)no5)c(S(C)(=O)=O)c4)c3[nH]2)ccc1=O. The van der Waals surface area contributed by atoms with Crippen LogP contribution in [0.25, 0.3) is 33.8 Å². The quantitative estimate of drug-likeness (QED) is 0.194. The van der Waals surface area contributed by atoms with Crippen molar-refractivity contribution in [3.05, 3.63) is 88.1 Å². The number of imidazole rings is 1. The van der Waals surface area contributed by atoms with Crippen LogP contribution in [0.1, 0.15) is 55.8 Å². The van der Waals surface area contributed by atoms with E-state index in [4.69, 9.17) is 16.0 Å². The van der Waals surface area contributed by atoms with E-state index in [0.717, 1.165) is 11.8 Å². The highest BCUT2D eigenvalue weighted by molar-refractivity contribution is 7.90. The topological polar surface area (TPSA) is 244 Å². The van der Waals surface area contributed by atoms with E-state index in [1.807, 2.05) is 33.8 Å². The van der Waals surface area contributed by atoms with Crippen molar-refractivity contribution in [2.75, 3.05) is 17.7 Å². The summed E-state index contributed by atoms with van der Waals surface area (Å²) in [5, 5.41) is 10.7. The smallest absolute Gasteiger partial charge is 0.315 e. The zero-order valence-electron chi connectivity index (χ0n) is 27.6. The first kappa shape index (κ1) is 36.9. The average molecular weight is 702 g/mol. The second-order valence-corrected chi connectivity index (χ2v) is 14.2. The maximum atomic E-state index is 12.8. The molecule has 5 aromatic heterocycles. The molecule has 0 bridgehead atoms. The number of pyridine rings is 2. The van der Waals surface area contributed by atoms with Crippen LogP contribution < -0.4 is 22.3 Å². The number of benzene rings is 1. The van der Waals surface area contributed by atoms with Gasteiger partial charge in [0.2, 0.25) is 0 Å². The van der Waals surface area contributed by atoms with Crippen molar-refractivity contribution in [2.24, 2.45) is 7.05 Å². The summed E-state index contributed by atoms with van der Waals surface area (Å²) in [4.78, 5) is 44.3. The molecule has 0 saturated heterocycles. The van der Waals surface area contributed by atoms with Crippen molar-refractivity contribution in [1.82, 2.24) is 45.2 Å². The molecule has 0 aliphatic carbocycles. The summed E-state index contributed by atoms with van der Waals surface area (Å²) in [6.07, 6.45) is 4.31. The first-order chi connectivity index (χ1) is 23.0. The lowest BCUT2D eigenvalue weighted by atomic mass is 9.96. The number of amides is 1. The first-order valence-corrected chi connectivity index (χ1v) is 16.7. The summed E-state index contributed by atoms with van der Waals surface area (Å²) in [5.74, 6) is 0.388. The molecule has 1 aromatic carbocycles. The van der Waals surface area contributed by atoms with Crippen molar-refractivity contribution in [3.8, 4) is 22.6 Å². The van der Waals surface area contributed by atoms with Crippen LogP contribution >= 0.6 is 0 Å². The van der Waals surface area contributed by atoms with Crippen LogP contribution in [0.15, 0.2) is 69.1 Å². The van der Waals surface area contributed by atoms with Gasteiger partial charge in [0.05, 0.1) is 16.1 Å². The van der Waals surface area contributed by atoms with Crippen molar-refractivity contribution in [2.45, 2.75) is 52.0 Å². The van der Waals surface area contributed by atoms with Crippen LogP contribution in [0.5, 0.6) is 0 Å². The van der Waals surface area contributed by atoms with E-state index in [0.29, 0.717) is 56.7 Å². The Kier molecular flexibility index (Phi) is 10.5. The Balaban J connectivity index is 0.000000490. The molecule has 16 nitrogen and oxygen atoms in total. The Morgan fingerprint density at radius 2 is 1.76 bits per heavy atom. The van der Waals surface area contributed by atoms with Crippen LogP contribution in [-0.2, 0) is 28.8 Å². The number of aromatic amines is 1. The predicted octanol–water partition coefficient (Wildman–Crippen LogP) is 3.59. The Hall–Kier alpha value is -5.97. The molecule has 5 heterocycles. The van der Waals surface area contributed by atoms with Gasteiger partial charge in [0.1, 0.15) is 11.5 Å². The normalized spacial score (nSPS) is 11.4. The van der Waals surface area contributed by atoms with Gasteiger partial charge in [0.15, 0.2) is 27.1 Å². The van der Waals surface area contributed by atoms with Gasteiger partial charge in [-0.1, -0.05) is 45.5 Å². The van der Waals surface area contributed by atoms with E-state index in [9.17, 15) is 18.0 Å². The molecule has 0 saturated carbocycles. The molecule has 0 unspecified atom stereocenters. The van der Waals surface area contributed by atoms with E-state index in [1.54, 1.807) is 49.8 Å². The molecule has 0 aliphatic rings. The summed E-state index contributed by atoms with van der Waals surface area (Å²) in [5.41, 5.74) is 14.8. The number of anilines is 2. The standard InChI is InChI=1S/C26H26N8O5S.C6H9N3.CH4/c1-26(2,3)25-31-24(39-33-25)23(36)28-13-15-7-6-14(12-18(15)40(5,37)38)16-10-11-27-22-20(16)29-21(30-22)17-8-9-19(35)34(4)32-17;1-4-2-3-9-6(8)5(4)7;/h6-12H,13H2,1-5H3,(H,28,36)(H,27,29,30);2-3H,7H2,1H3,(H2,8,9);1H4. The summed E-state index contributed by atoms with van der Waals surface area (Å²) >= 11 is 0. The summed E-state index contributed by atoms with van der Waals surface area (Å²) in [6.45, 7) is 7.49. The first-order valence-electron chi connectivity index (χ1n) is 14.8. The van der Waals surface area contributed by atoms with Crippen molar-refractivity contribution in [3.63, 3.8) is 0 Å². The number of nitrogen functional groups attached to an aromatic ring is 2. The molecule has 17 heteroatoms. The van der Waals surface area contributed by atoms with Gasteiger partial charge in [0, 0.05) is 49.3 Å². The van der Waals surface area contributed by atoms with Crippen LogP contribution in [0.3, 0.4) is 0 Å². The number of fused-ring (bicyclic) bond motifs is 1. The molecule has 6 aromatic rings. The summed E-state index contributed by atoms with van der Waals surface area (Å²) in [6, 6.07) is 11.4. The number of aryl methyl sites for hydroxylation is 2. The number of carbonyl (C=O) groups excluding carboxylic acids is 1. The second kappa shape index (κ2) is 14.3. The number of aromatic nitrogens is 8. The second-order valence-electron chi connectivity index (χ2n) is 12.2. The third kappa shape index (κ3) is 8.00. The summed E-state index contributed by atoms with van der Waals surface area (Å²) in [7, 11) is -2.14. The van der Waals surface area contributed by atoms with Gasteiger partial charge in [-0.05, 0) is 47.9 Å². The Morgan fingerprint density at radius 1 is 1.04 bits per heavy atom. The van der Waals surface area contributed by atoms with Gasteiger partial charge in [-0.3, -0.25) is 9.59 Å². The van der Waals surface area contributed by atoms with Crippen LogP contribution in [0.4, 0.5) is 11.5 Å². The number of sulfone groups is 1. The number of hydrogen-bond acceptors (Lipinski definition) is 13. The fraction of sp³-hybridized carbons (Fsp3) is 0.273. The molecule has 0 atom stereocenters. The van der Waals surface area contributed by atoms with Gasteiger partial charge in [-0.25, -0.2) is 28.1 Å². The predicted molar refractivity (Wildman–Crippen MR) is 190 cm³/mol. The minimum atomic E-state index is -3.68. The fourth-order valence-electron chi connectivity index (χ4n) is 4.58. The third-order valence-corrected chi connectivity index (χ3v) is 8.52. The number of hydrogen-bond donors (Lipinski definition) is 4. The largest absolute Gasteiger partial charge is 0.396 e. The number of nitrogens with two attached hydrogens (primary N) is 2. The number of H-pyrrole nitrogens is 1. The molecule has 6 rings (SSSR count). The van der Waals surface area contributed by atoms with Gasteiger partial charge in [-0.2, -0.15) is 10.1 Å². The third-order valence-electron chi connectivity index (χ3n) is 7.34. The van der Waals surface area contributed by atoms with Crippen LogP contribution in [-0.4, -0.2) is 60.4 Å². The van der Waals surface area contributed by atoms with Crippen LogP contribution in [0, 0.1) is 6.92 Å². The molecule has 1 amide bonds. The molecule has 262 valence electrons. The van der Waals surface area contributed by atoms with E-state index in [1.165, 1.54) is 10.7 Å². The number of carbonyl (C=O) groups is 1. The summed E-state index contributed by atoms with van der Waals surface area (Å²) < 4.78 is 31.8. The molecule has 6 N–H and O–H groups in total. The minimum Gasteiger partial charge on any atom is -0.396 e. The lowest BCUT2D eigenvalue weighted by Crippen LogP contribution is -2.24. The maximum absolute atomic E-state index is 12.8. The van der Waals surface area contributed by atoms with Crippen LogP contribution in [0.2, 0.25) is 0 Å². The molecular formula is C33H39N11O5S. The monoisotopic (exact) mass is 701 g/mol. The van der Waals surface area contributed by atoms with E-state index >= 15 is 0 Å². The van der Waals surface area contributed by atoms with Gasteiger partial charge >= 0.3 is 11.8 Å². The Bertz CT molecular complexity index is 2340. The molecule has 0 fully saturated rings. The lowest BCUT2D eigenvalue weighted by Gasteiger charge is -2.12. The highest BCUT2D eigenvalue weighted by Gasteiger charge is 2.24. The number of nitrogens with zero attached hydrogens (tertiary/aromatic N) is 7. The lowest BCUT2D eigenvalue weighted by molar-refractivity contribution is 0.0906. The highest BCUT2D eigenvalue weighted by atomic mass is 32.2. The zero-order chi connectivity index (χ0) is 35.7. The van der Waals surface area contributed by atoms with Gasteiger partial charge in [0.25, 0.3) is 5.56 Å². The van der Waals surface area contributed by atoms with Crippen molar-refractivity contribution in [1.29, 1.82) is 0 Å².